The Labute approximate surface area is 503 Å². The van der Waals surface area contributed by atoms with Crippen molar-refractivity contribution in [3.05, 3.63) is 156 Å². The van der Waals surface area contributed by atoms with Crippen LogP contribution in [0.3, 0.4) is 0 Å². The van der Waals surface area contributed by atoms with Gasteiger partial charge in [-0.3, -0.25) is 28.8 Å². The van der Waals surface area contributed by atoms with Crippen LogP contribution in [0, 0.1) is 0 Å². The van der Waals surface area contributed by atoms with Crippen LogP contribution in [0.25, 0.3) is 65.4 Å². The van der Waals surface area contributed by atoms with Crippen molar-refractivity contribution < 1.29 is 58.5 Å². The molecule has 0 aliphatic rings. The van der Waals surface area contributed by atoms with Crippen molar-refractivity contribution >= 4 is 205 Å². The Balaban J connectivity index is 0.000000203. The topological polar surface area (TPSA) is 156 Å². The van der Waals surface area contributed by atoms with Crippen molar-refractivity contribution in [2.24, 2.45) is 0 Å². The molecule has 75 heavy (non-hydrogen) atoms. The van der Waals surface area contributed by atoms with E-state index in [0.29, 0.717) is 75.5 Å². The first-order chi connectivity index (χ1) is 35.3. The maximum absolute atomic E-state index is 12.9. The minimum Gasteiger partial charge on any atom is -0.796 e. The van der Waals surface area contributed by atoms with E-state index in [1.165, 1.54) is 16.3 Å². The predicted molar refractivity (Wildman–Crippen MR) is 313 cm³/mol. The van der Waals surface area contributed by atoms with Crippen molar-refractivity contribution in [3.63, 3.8) is 0 Å². The van der Waals surface area contributed by atoms with Gasteiger partial charge in [-0.05, 0) is 117 Å². The molecule has 12 nitrogen and oxygen atoms in total. The first kappa shape index (κ1) is 62.3. The van der Waals surface area contributed by atoms with Crippen LogP contribution >= 0.6 is 109 Å². The number of carbonyl (C=O) groups excluding carboxylic acids is 2. The first-order valence-electron chi connectivity index (χ1n) is 21.9. The van der Waals surface area contributed by atoms with Gasteiger partial charge in [0.1, 0.15) is 19.6 Å². The molecule has 0 aliphatic heterocycles. The summed E-state index contributed by atoms with van der Waals surface area (Å²) >= 11 is 47.9. The maximum Gasteiger partial charge on any atom is 1.00 e. The average Bonchev–Trinajstić information content (AvgIpc) is 3.38. The summed E-state index contributed by atoms with van der Waals surface area (Å²) in [6.45, 7) is 3.59. The Morgan fingerprint density at radius 2 is 0.827 bits per heavy atom. The monoisotopic (exact) mass is 1260 g/mol. The zero-order valence-corrected chi connectivity index (χ0v) is 51.2. The van der Waals surface area contributed by atoms with Gasteiger partial charge >= 0.3 is 47.5 Å². The number of thioether (sulfide) groups is 2. The van der Waals surface area contributed by atoms with Crippen LogP contribution in [0.2, 0.25) is 30.1 Å². The molecule has 9 rings (SSSR count). The molecule has 0 saturated heterocycles. The molecule has 0 aliphatic carbocycles. The molecule has 6 aromatic carbocycles. The van der Waals surface area contributed by atoms with Crippen molar-refractivity contribution in [3.8, 4) is 0 Å². The molecule has 23 heteroatoms. The molecule has 9 aromatic rings. The number of aliphatic carboxylic acids is 1. The number of rotatable bonds is 10. The minimum atomic E-state index is -1.03. The Kier molecular flexibility index (Phi) is 23.1. The second-order valence-corrected chi connectivity index (χ2v) is 20.5. The summed E-state index contributed by atoms with van der Waals surface area (Å²) in [6.07, 6.45) is 5.44. The quantitative estimate of drug-likeness (QED) is 0.0455. The van der Waals surface area contributed by atoms with Crippen LogP contribution in [0.5, 0.6) is 0 Å². The van der Waals surface area contributed by atoms with Crippen molar-refractivity contribution in [2.75, 3.05) is 32.0 Å². The molecule has 3 aromatic heterocycles. The van der Waals surface area contributed by atoms with Crippen LogP contribution in [-0.2, 0) is 56.1 Å². The van der Waals surface area contributed by atoms with Gasteiger partial charge in [-0.15, -0.1) is 23.5 Å². The van der Waals surface area contributed by atoms with E-state index in [9.17, 15) is 33.9 Å². The number of hydrogen-bond donors (Lipinski definition) is 1. The van der Waals surface area contributed by atoms with Gasteiger partial charge in [-0.25, -0.2) is 0 Å². The zero-order chi connectivity index (χ0) is 54.3. The first-order valence-corrected chi connectivity index (χ1v) is 28.2. The number of nitrogens with zero attached hydrogens (tertiary/aromatic N) is 3. The van der Waals surface area contributed by atoms with E-state index >= 15 is 0 Å². The SMILES string of the molecule is CCOC(=O)Cn1c2cc(Br)ccc2c(=O)c2ccc(Cl)c(Cl)c21.CCOC(=O)Cn1c2cc(SC)ccc2c(=O)c2ccc(Cl)c(Cl)c21.CSc1ccc2c(=O)c3ccc(Cl)c(Cl)c3n(CC(=O)O)c2c1.C[S-].[Na+]. The number of hydrogen-bond acceptors (Lipinski definition) is 11. The second kappa shape index (κ2) is 27.8. The van der Waals surface area contributed by atoms with Crippen LogP contribution in [0.15, 0.2) is 120 Å². The molecule has 0 saturated carbocycles. The molecule has 1 N–H and O–H groups in total. The normalized spacial score (nSPS) is 10.8. The van der Waals surface area contributed by atoms with Gasteiger partial charge in [0.05, 0.1) is 76.4 Å². The van der Waals surface area contributed by atoms with E-state index in [-0.39, 0.29) is 98.8 Å². The number of aromatic nitrogens is 3. The summed E-state index contributed by atoms with van der Waals surface area (Å²) in [6, 6.07) is 25.7. The zero-order valence-electron chi connectivity index (χ0n) is 40.6. The third-order valence-electron chi connectivity index (χ3n) is 11.2. The number of pyridine rings is 3. The Bertz CT molecular complexity index is 3900. The van der Waals surface area contributed by atoms with E-state index in [1.54, 1.807) is 114 Å². The van der Waals surface area contributed by atoms with Crippen LogP contribution in [-0.4, -0.2) is 68.7 Å². The molecule has 0 atom stereocenters. The standard InChI is InChI=1S/C18H15Cl2NO3S.C17H12BrCl2NO3.C16H11Cl2NO3S.CH4S.Na/c1-3-24-15(22)9-21-14-8-10(25-2)4-5-11(14)18(23)12-6-7-13(19)16(20)17(12)21;1-2-24-14(22)8-21-13-7-9(18)3-4-10(13)17(23)11-5-6-12(19)15(20)16(11)21;1-23-8-2-3-9-12(6-8)19(7-13(20)21)15-10(16(9)22)4-5-11(17)14(15)18;1-2;/h4-8H,3,9H2,1-2H3;3-7H,2,8H2,1H3;2-6H,7H2,1H3,(H,20,21);2H,1H3;/q;;;;+1/p-1. The van der Waals surface area contributed by atoms with Gasteiger partial charge in [0.15, 0.2) is 16.3 Å². The van der Waals surface area contributed by atoms with E-state index in [4.69, 9.17) is 79.1 Å². The third-order valence-corrected chi connectivity index (χ3v) is 15.5. The molecular formula is C52H41BrCl6N3NaO9S3. The number of benzene rings is 6. The van der Waals surface area contributed by atoms with Crippen LogP contribution in [0.1, 0.15) is 13.8 Å². The van der Waals surface area contributed by atoms with Gasteiger partial charge in [0, 0.05) is 46.6 Å². The molecular weight excluding hydrogens is 1220 g/mol. The van der Waals surface area contributed by atoms with E-state index in [1.807, 2.05) is 30.7 Å². The molecule has 0 bridgehead atoms. The third kappa shape index (κ3) is 13.5. The van der Waals surface area contributed by atoms with E-state index < -0.39 is 17.9 Å². The number of carbonyl (C=O) groups is 3. The summed E-state index contributed by atoms with van der Waals surface area (Å²) in [5, 5.41) is 13.5. The summed E-state index contributed by atoms with van der Waals surface area (Å²) in [5.41, 5.74) is 2.45. The Morgan fingerprint density at radius 1 is 0.520 bits per heavy atom. The van der Waals surface area contributed by atoms with Crippen molar-refractivity contribution in [2.45, 2.75) is 43.3 Å². The summed E-state index contributed by atoms with van der Waals surface area (Å²) < 4.78 is 15.8. The Hall–Kier alpha value is -3.59. The average molecular weight is 1260 g/mol. The Morgan fingerprint density at radius 3 is 1.15 bits per heavy atom. The minimum absolute atomic E-state index is 0. The van der Waals surface area contributed by atoms with E-state index in [0.717, 1.165) is 14.3 Å². The number of halogens is 7. The fourth-order valence-electron chi connectivity index (χ4n) is 8.08. The van der Waals surface area contributed by atoms with Crippen LogP contribution in [0.4, 0.5) is 0 Å². The summed E-state index contributed by atoms with van der Waals surface area (Å²) in [4.78, 5) is 75.8. The molecule has 0 amide bonds. The fourth-order valence-corrected chi connectivity index (χ4v) is 10.6. The number of ether oxygens (including phenoxy) is 2. The van der Waals surface area contributed by atoms with Gasteiger partial charge in [0.2, 0.25) is 0 Å². The van der Waals surface area contributed by atoms with Gasteiger partial charge in [-0.2, -0.15) is 6.26 Å². The van der Waals surface area contributed by atoms with Gasteiger partial charge in [-0.1, -0.05) is 85.5 Å². The summed E-state index contributed by atoms with van der Waals surface area (Å²) in [7, 11) is 0. The molecule has 0 radical (unpaired) electrons. The summed E-state index contributed by atoms with van der Waals surface area (Å²) in [5.74, 6) is -1.85. The number of fused-ring (bicyclic) bond motifs is 6. The van der Waals surface area contributed by atoms with Crippen molar-refractivity contribution in [1.82, 2.24) is 13.7 Å². The molecule has 3 heterocycles. The molecule has 0 unspecified atom stereocenters. The largest absolute Gasteiger partial charge is 1.00 e. The predicted octanol–water partition coefficient (Wildman–Crippen LogP) is 11.0. The van der Waals surface area contributed by atoms with E-state index in [2.05, 4.69) is 28.6 Å². The van der Waals surface area contributed by atoms with Gasteiger partial charge in [0.25, 0.3) is 0 Å². The van der Waals surface area contributed by atoms with Crippen molar-refractivity contribution in [1.29, 1.82) is 0 Å². The second-order valence-electron chi connectivity index (χ2n) is 15.4. The smallest absolute Gasteiger partial charge is 0.796 e. The number of esters is 2. The molecule has 0 fully saturated rings. The maximum atomic E-state index is 12.9. The molecule has 0 spiro atoms. The molecule has 386 valence electrons. The van der Waals surface area contributed by atoms with Gasteiger partial charge < -0.3 is 40.9 Å². The number of carboxylic acid groups (broad SMARTS) is 1. The van der Waals surface area contributed by atoms with Crippen LogP contribution < -0.4 is 45.8 Å². The fraction of sp³-hybridized carbons (Fsp3) is 0.192. The number of carboxylic acids is 1.